The van der Waals surface area contributed by atoms with E-state index in [0.717, 1.165) is 36.8 Å². The van der Waals surface area contributed by atoms with Gasteiger partial charge < -0.3 is 10.0 Å². The molecule has 0 heterocycles. The van der Waals surface area contributed by atoms with Crippen molar-refractivity contribution in [3.05, 3.63) is 34.6 Å². The summed E-state index contributed by atoms with van der Waals surface area (Å²) in [5, 5.41) is 11.0. The molecular weight excluding hydrogens is 265 g/mol. The van der Waals surface area contributed by atoms with E-state index in [9.17, 15) is 9.50 Å². The van der Waals surface area contributed by atoms with Crippen LogP contribution >= 0.6 is 0 Å². The molecule has 0 spiro atoms. The normalized spacial score (nSPS) is 27.9. The van der Waals surface area contributed by atoms with Gasteiger partial charge in [-0.1, -0.05) is 13.0 Å². The van der Waals surface area contributed by atoms with E-state index in [-0.39, 0.29) is 11.4 Å². The second-order valence-electron chi connectivity index (χ2n) is 7.06. The van der Waals surface area contributed by atoms with Crippen molar-refractivity contribution >= 4 is 0 Å². The summed E-state index contributed by atoms with van der Waals surface area (Å²) in [6.45, 7) is 6.03. The highest BCUT2D eigenvalue weighted by Crippen LogP contribution is 2.44. The fourth-order valence-corrected chi connectivity index (χ4v) is 3.77. The number of aryl methyl sites for hydroxylation is 2. The van der Waals surface area contributed by atoms with Crippen LogP contribution in [0.2, 0.25) is 0 Å². The number of hydrogen-bond donors (Lipinski definition) is 1. The minimum absolute atomic E-state index is 0.278. The lowest BCUT2D eigenvalue weighted by Crippen LogP contribution is -2.51. The molecule has 0 aromatic heterocycles. The van der Waals surface area contributed by atoms with E-state index in [0.29, 0.717) is 11.5 Å². The molecule has 0 bridgehead atoms. The number of halogens is 1. The molecule has 1 atom stereocenters. The van der Waals surface area contributed by atoms with E-state index in [1.165, 1.54) is 6.07 Å². The van der Waals surface area contributed by atoms with Crippen molar-refractivity contribution in [2.75, 3.05) is 14.1 Å². The van der Waals surface area contributed by atoms with E-state index in [4.69, 9.17) is 0 Å². The van der Waals surface area contributed by atoms with Crippen LogP contribution in [0.5, 0.6) is 0 Å². The van der Waals surface area contributed by atoms with E-state index < -0.39 is 6.10 Å². The van der Waals surface area contributed by atoms with Gasteiger partial charge >= 0.3 is 0 Å². The summed E-state index contributed by atoms with van der Waals surface area (Å²) in [6.07, 6.45) is 3.22. The molecule has 2 nitrogen and oxygen atoms in total. The maximum atomic E-state index is 14.4. The Labute approximate surface area is 128 Å². The van der Waals surface area contributed by atoms with Crippen molar-refractivity contribution in [2.45, 2.75) is 58.1 Å². The van der Waals surface area contributed by atoms with Gasteiger partial charge in [0.2, 0.25) is 0 Å². The monoisotopic (exact) mass is 293 g/mol. The third-order valence-corrected chi connectivity index (χ3v) is 5.29. The quantitative estimate of drug-likeness (QED) is 0.911. The first kappa shape index (κ1) is 16.4. The van der Waals surface area contributed by atoms with E-state index in [2.05, 4.69) is 11.8 Å². The number of nitrogens with zero attached hydrogens (tertiary/aromatic N) is 1. The lowest BCUT2D eigenvalue weighted by molar-refractivity contribution is -0.0426. The van der Waals surface area contributed by atoms with Crippen LogP contribution in [-0.2, 0) is 0 Å². The van der Waals surface area contributed by atoms with Crippen LogP contribution in [0, 0.1) is 25.6 Å². The topological polar surface area (TPSA) is 23.5 Å². The summed E-state index contributed by atoms with van der Waals surface area (Å²) in [4.78, 5) is 2.10. The van der Waals surface area contributed by atoms with Gasteiger partial charge in [-0.05, 0) is 76.7 Å². The molecule has 0 aliphatic heterocycles. The van der Waals surface area contributed by atoms with Gasteiger partial charge in [0.15, 0.2) is 0 Å². The standard InChI is InChI=1S/C18H28FNO/c1-12-6-8-18(9-7-12,20(4)5)17(21)16-14(3)10-13(2)11-15(16)19/h10-12,17,21H,6-9H2,1-5H3. The van der Waals surface area contributed by atoms with Crippen molar-refractivity contribution in [1.29, 1.82) is 0 Å². The largest absolute Gasteiger partial charge is 0.386 e. The fraction of sp³-hybridized carbons (Fsp3) is 0.667. The van der Waals surface area contributed by atoms with Gasteiger partial charge in [-0.2, -0.15) is 0 Å². The second kappa shape index (κ2) is 6.05. The Hall–Kier alpha value is -0.930. The highest BCUT2D eigenvalue weighted by molar-refractivity contribution is 5.35. The van der Waals surface area contributed by atoms with Crippen LogP contribution in [0.4, 0.5) is 4.39 Å². The number of benzene rings is 1. The Morgan fingerprint density at radius 3 is 2.29 bits per heavy atom. The molecule has 1 fully saturated rings. The van der Waals surface area contributed by atoms with Gasteiger partial charge in [0.1, 0.15) is 11.9 Å². The molecule has 1 aliphatic rings. The predicted molar refractivity (Wildman–Crippen MR) is 84.9 cm³/mol. The maximum Gasteiger partial charge on any atom is 0.129 e. The predicted octanol–water partition coefficient (Wildman–Crippen LogP) is 3.99. The fourth-order valence-electron chi connectivity index (χ4n) is 3.77. The smallest absolute Gasteiger partial charge is 0.129 e. The molecule has 21 heavy (non-hydrogen) atoms. The molecule has 2 rings (SSSR count). The van der Waals surface area contributed by atoms with Crippen LogP contribution < -0.4 is 0 Å². The van der Waals surface area contributed by atoms with E-state index in [1.54, 1.807) is 0 Å². The average molecular weight is 293 g/mol. The van der Waals surface area contributed by atoms with Crippen molar-refractivity contribution < 1.29 is 9.50 Å². The van der Waals surface area contributed by atoms with Crippen LogP contribution in [-0.4, -0.2) is 29.6 Å². The van der Waals surface area contributed by atoms with Gasteiger partial charge in [0, 0.05) is 5.56 Å². The van der Waals surface area contributed by atoms with Crippen molar-refractivity contribution in [2.24, 2.45) is 5.92 Å². The molecule has 1 N–H and O–H groups in total. The van der Waals surface area contributed by atoms with Gasteiger partial charge in [-0.3, -0.25) is 0 Å². The zero-order valence-corrected chi connectivity index (χ0v) is 13.9. The number of hydrogen-bond acceptors (Lipinski definition) is 2. The Bertz CT molecular complexity index is 481. The SMILES string of the molecule is Cc1cc(C)c(C(O)C2(N(C)C)CCC(C)CC2)c(F)c1. The molecular formula is C18H28FNO. The summed E-state index contributed by atoms with van der Waals surface area (Å²) in [6, 6.07) is 3.48. The Morgan fingerprint density at radius 2 is 1.81 bits per heavy atom. The zero-order valence-electron chi connectivity index (χ0n) is 13.9. The average Bonchev–Trinajstić information content (AvgIpc) is 2.38. The molecule has 0 saturated heterocycles. The molecule has 0 radical (unpaired) electrons. The molecule has 0 amide bonds. The second-order valence-corrected chi connectivity index (χ2v) is 7.06. The lowest BCUT2D eigenvalue weighted by Gasteiger charge is -2.48. The number of likely N-dealkylation sites (N-methyl/N-ethyl adjacent to an activating group) is 1. The Morgan fingerprint density at radius 1 is 1.24 bits per heavy atom. The highest BCUT2D eigenvalue weighted by atomic mass is 19.1. The van der Waals surface area contributed by atoms with Gasteiger partial charge in [0.05, 0.1) is 5.54 Å². The van der Waals surface area contributed by atoms with Crippen molar-refractivity contribution in [1.82, 2.24) is 4.90 Å². The van der Waals surface area contributed by atoms with Crippen LogP contribution in [0.25, 0.3) is 0 Å². The van der Waals surface area contributed by atoms with Crippen LogP contribution in [0.1, 0.15) is 55.4 Å². The molecule has 1 aliphatic carbocycles. The molecule has 1 saturated carbocycles. The third-order valence-electron chi connectivity index (χ3n) is 5.29. The van der Waals surface area contributed by atoms with Crippen LogP contribution in [0.15, 0.2) is 12.1 Å². The van der Waals surface area contributed by atoms with Gasteiger partial charge in [-0.25, -0.2) is 4.39 Å². The number of rotatable bonds is 3. The third kappa shape index (κ3) is 3.00. The first-order valence-corrected chi connectivity index (χ1v) is 7.90. The summed E-state index contributed by atoms with van der Waals surface area (Å²) < 4.78 is 14.4. The van der Waals surface area contributed by atoms with Crippen LogP contribution in [0.3, 0.4) is 0 Å². The molecule has 1 aromatic carbocycles. The van der Waals surface area contributed by atoms with Gasteiger partial charge in [-0.15, -0.1) is 0 Å². The lowest BCUT2D eigenvalue weighted by atomic mass is 9.71. The number of aliphatic hydroxyl groups excluding tert-OH is 1. The van der Waals surface area contributed by atoms with Crippen molar-refractivity contribution in [3.8, 4) is 0 Å². The minimum Gasteiger partial charge on any atom is -0.386 e. The molecule has 118 valence electrons. The Kier molecular flexibility index (Phi) is 4.74. The molecule has 1 unspecified atom stereocenters. The first-order chi connectivity index (χ1) is 9.78. The zero-order chi connectivity index (χ0) is 15.8. The summed E-state index contributed by atoms with van der Waals surface area (Å²) in [5.74, 6) is 0.411. The minimum atomic E-state index is -0.777. The first-order valence-electron chi connectivity index (χ1n) is 7.90. The number of aliphatic hydroxyl groups is 1. The summed E-state index contributed by atoms with van der Waals surface area (Å²) in [5.41, 5.74) is 1.87. The van der Waals surface area contributed by atoms with Crippen molar-refractivity contribution in [3.63, 3.8) is 0 Å². The van der Waals surface area contributed by atoms with E-state index in [1.807, 2.05) is 34.0 Å². The summed E-state index contributed by atoms with van der Waals surface area (Å²) in [7, 11) is 4.00. The molecule has 3 heteroatoms. The summed E-state index contributed by atoms with van der Waals surface area (Å²) >= 11 is 0. The maximum absolute atomic E-state index is 14.4. The highest BCUT2D eigenvalue weighted by Gasteiger charge is 2.44. The Balaban J connectivity index is 2.42. The van der Waals surface area contributed by atoms with Gasteiger partial charge in [0.25, 0.3) is 0 Å². The van der Waals surface area contributed by atoms with E-state index >= 15 is 0 Å². The molecule has 1 aromatic rings.